The summed E-state index contributed by atoms with van der Waals surface area (Å²) in [6.45, 7) is 2.23. The first-order valence-electron chi connectivity index (χ1n) is 12.1. The van der Waals surface area contributed by atoms with Crippen molar-refractivity contribution in [3.63, 3.8) is 0 Å². The van der Waals surface area contributed by atoms with Crippen LogP contribution in [0.3, 0.4) is 0 Å². The predicted molar refractivity (Wildman–Crippen MR) is 147 cm³/mol. The molecule has 0 radical (unpaired) electrons. The van der Waals surface area contributed by atoms with Gasteiger partial charge in [0.25, 0.3) is 0 Å². The number of carboxylic acid groups (broad SMARTS) is 3. The lowest BCUT2D eigenvalue weighted by atomic mass is 9.94. The Labute approximate surface area is 226 Å². The molecule has 0 atom stereocenters. The molecule has 3 aromatic carbocycles. The molecule has 0 saturated heterocycles. The highest BCUT2D eigenvalue weighted by Gasteiger charge is 2.40. The van der Waals surface area contributed by atoms with Gasteiger partial charge in [-0.15, -0.1) is 0 Å². The highest BCUT2D eigenvalue weighted by atomic mass is 35.5. The Kier molecular flexibility index (Phi) is 11.7. The number of carbonyl (C=O) groups is 3. The van der Waals surface area contributed by atoms with Crippen molar-refractivity contribution in [1.82, 2.24) is 0 Å². The van der Waals surface area contributed by atoms with Gasteiger partial charge in [0.15, 0.2) is 5.60 Å². The van der Waals surface area contributed by atoms with Crippen LogP contribution in [0.1, 0.15) is 54.9 Å². The molecule has 0 aliphatic rings. The van der Waals surface area contributed by atoms with Crippen LogP contribution < -0.4 is 0 Å². The lowest BCUT2D eigenvalue weighted by Crippen LogP contribution is -2.42. The largest absolute Gasteiger partial charge is 0.481 e. The number of halogens is 1. The van der Waals surface area contributed by atoms with Crippen molar-refractivity contribution < 1.29 is 34.8 Å². The average molecular weight is 539 g/mol. The molecule has 200 valence electrons. The summed E-state index contributed by atoms with van der Waals surface area (Å²) < 4.78 is 0. The van der Waals surface area contributed by atoms with E-state index in [1.54, 1.807) is 0 Å². The normalized spacial score (nSPS) is 11.6. The van der Waals surface area contributed by atoms with E-state index in [0.717, 1.165) is 33.7 Å². The maximum absolute atomic E-state index is 10.3. The van der Waals surface area contributed by atoms with Crippen molar-refractivity contribution in [1.29, 1.82) is 0 Å². The topological polar surface area (TPSA) is 132 Å². The van der Waals surface area contributed by atoms with Crippen molar-refractivity contribution in [3.8, 4) is 0 Å². The van der Waals surface area contributed by atoms with E-state index in [9.17, 15) is 14.4 Å². The standard InChI is InChI=1S/C24H23Cl.C6H8O7/c1-2-3-10-19-15-17-21(18-16-19)23(20-11-6-4-7-12-20)24(25)22-13-8-5-9-14-22;7-3(8)1-6(13,5(11)12)2-4(9)10/h4-9,11-18H,2-3,10H2,1H3;13H,1-2H2,(H,7,8)(H,9,10)(H,11,12)/b24-23-;. The molecule has 3 aromatic rings. The van der Waals surface area contributed by atoms with Crippen LogP contribution in [0.15, 0.2) is 84.9 Å². The number of benzene rings is 3. The molecule has 0 bridgehead atoms. The van der Waals surface area contributed by atoms with Gasteiger partial charge in [0, 0.05) is 5.57 Å². The van der Waals surface area contributed by atoms with Crippen LogP contribution in [-0.2, 0) is 20.8 Å². The smallest absolute Gasteiger partial charge is 0.336 e. The maximum Gasteiger partial charge on any atom is 0.336 e. The van der Waals surface area contributed by atoms with Gasteiger partial charge in [0.1, 0.15) is 0 Å². The zero-order valence-electron chi connectivity index (χ0n) is 21.0. The Morgan fingerprint density at radius 2 is 1.16 bits per heavy atom. The third-order valence-electron chi connectivity index (χ3n) is 5.66. The third-order valence-corrected chi connectivity index (χ3v) is 6.06. The Morgan fingerprint density at radius 1 is 0.711 bits per heavy atom. The zero-order chi connectivity index (χ0) is 28.1. The molecular weight excluding hydrogens is 508 g/mol. The molecule has 7 nitrogen and oxygen atoms in total. The highest BCUT2D eigenvalue weighted by molar-refractivity contribution is 6.53. The van der Waals surface area contributed by atoms with Gasteiger partial charge in [-0.1, -0.05) is 110 Å². The maximum atomic E-state index is 10.3. The van der Waals surface area contributed by atoms with E-state index < -0.39 is 36.4 Å². The summed E-state index contributed by atoms with van der Waals surface area (Å²) in [7, 11) is 0. The summed E-state index contributed by atoms with van der Waals surface area (Å²) in [5, 5.41) is 34.6. The average Bonchev–Trinajstić information content (AvgIpc) is 2.89. The number of aryl methyl sites for hydroxylation is 1. The van der Waals surface area contributed by atoms with E-state index in [-0.39, 0.29) is 0 Å². The van der Waals surface area contributed by atoms with E-state index in [1.165, 1.54) is 18.4 Å². The van der Waals surface area contributed by atoms with Gasteiger partial charge in [-0.25, -0.2) is 4.79 Å². The second-order valence-electron chi connectivity index (χ2n) is 8.70. The molecule has 0 amide bonds. The van der Waals surface area contributed by atoms with Gasteiger partial charge < -0.3 is 20.4 Å². The summed E-state index contributed by atoms with van der Waals surface area (Å²) in [5.41, 5.74) is 3.05. The minimum atomic E-state index is -2.74. The number of hydrogen-bond donors (Lipinski definition) is 4. The number of aliphatic carboxylic acids is 3. The first-order chi connectivity index (χ1) is 18.1. The summed E-state index contributed by atoms with van der Waals surface area (Å²) in [6.07, 6.45) is 1.29. The minimum Gasteiger partial charge on any atom is -0.481 e. The Morgan fingerprint density at radius 3 is 1.58 bits per heavy atom. The molecule has 0 spiro atoms. The second kappa shape index (κ2) is 14.7. The molecule has 0 aromatic heterocycles. The molecule has 0 aliphatic heterocycles. The van der Waals surface area contributed by atoms with Crippen LogP contribution in [0.25, 0.3) is 10.6 Å². The SMILES string of the molecule is CCCCc1ccc(/C(=C(\Cl)c2ccccc2)c2ccccc2)cc1.O=C(O)CC(O)(CC(=O)O)C(=O)O. The number of hydrogen-bond acceptors (Lipinski definition) is 4. The first kappa shape index (κ1) is 30.3. The predicted octanol–water partition coefficient (Wildman–Crippen LogP) is 5.94. The van der Waals surface area contributed by atoms with E-state index in [4.69, 9.17) is 32.0 Å². The van der Waals surface area contributed by atoms with Crippen molar-refractivity contribution >= 4 is 40.1 Å². The third kappa shape index (κ3) is 9.18. The van der Waals surface area contributed by atoms with Crippen molar-refractivity contribution in [2.45, 2.75) is 44.6 Å². The van der Waals surface area contributed by atoms with Crippen LogP contribution in [0, 0.1) is 0 Å². The molecule has 8 heteroatoms. The molecule has 38 heavy (non-hydrogen) atoms. The van der Waals surface area contributed by atoms with Crippen LogP contribution in [-0.4, -0.2) is 43.9 Å². The van der Waals surface area contributed by atoms with Crippen molar-refractivity contribution in [2.75, 3.05) is 0 Å². The van der Waals surface area contributed by atoms with E-state index >= 15 is 0 Å². The molecule has 0 saturated carbocycles. The number of rotatable bonds is 11. The van der Waals surface area contributed by atoms with E-state index in [1.807, 2.05) is 24.3 Å². The number of unbranched alkanes of at least 4 members (excludes halogenated alkanes) is 1. The molecule has 0 fully saturated rings. The minimum absolute atomic E-state index is 0.785. The quantitative estimate of drug-likeness (QED) is 0.222. The van der Waals surface area contributed by atoms with Crippen LogP contribution in [0.2, 0.25) is 0 Å². The van der Waals surface area contributed by atoms with Gasteiger partial charge in [-0.2, -0.15) is 0 Å². The molecule has 3 rings (SSSR count). The van der Waals surface area contributed by atoms with Crippen molar-refractivity contribution in [2.24, 2.45) is 0 Å². The van der Waals surface area contributed by atoms with Crippen LogP contribution in [0.5, 0.6) is 0 Å². The zero-order valence-corrected chi connectivity index (χ0v) is 21.8. The van der Waals surface area contributed by atoms with Gasteiger partial charge in [0.2, 0.25) is 0 Å². The first-order valence-corrected chi connectivity index (χ1v) is 12.4. The summed E-state index contributed by atoms with van der Waals surface area (Å²) in [5.74, 6) is -5.02. The number of carboxylic acids is 3. The van der Waals surface area contributed by atoms with E-state index in [2.05, 4.69) is 67.6 Å². The Balaban J connectivity index is 0.000000332. The van der Waals surface area contributed by atoms with Gasteiger partial charge in [-0.3, -0.25) is 9.59 Å². The lowest BCUT2D eigenvalue weighted by molar-refractivity contribution is -0.170. The highest BCUT2D eigenvalue weighted by Crippen LogP contribution is 2.34. The Hall–Kier alpha value is -3.94. The molecule has 0 aliphatic carbocycles. The van der Waals surface area contributed by atoms with Crippen LogP contribution in [0.4, 0.5) is 0 Å². The summed E-state index contributed by atoms with van der Waals surface area (Å²) in [6, 6.07) is 29.4. The fraction of sp³-hybridized carbons (Fsp3) is 0.233. The second-order valence-corrected chi connectivity index (χ2v) is 9.08. The van der Waals surface area contributed by atoms with Crippen molar-refractivity contribution in [3.05, 3.63) is 107 Å². The summed E-state index contributed by atoms with van der Waals surface area (Å²) in [4.78, 5) is 30.5. The molecular formula is C30H31ClO7. The Bertz CT molecular complexity index is 1220. The monoisotopic (exact) mass is 538 g/mol. The molecule has 0 heterocycles. The van der Waals surface area contributed by atoms with Gasteiger partial charge >= 0.3 is 17.9 Å². The number of aliphatic hydroxyl groups is 1. The molecule has 0 unspecified atom stereocenters. The summed E-state index contributed by atoms with van der Waals surface area (Å²) >= 11 is 6.84. The lowest BCUT2D eigenvalue weighted by Gasteiger charge is -2.18. The van der Waals surface area contributed by atoms with Crippen LogP contribution >= 0.6 is 11.6 Å². The van der Waals surface area contributed by atoms with Gasteiger partial charge in [-0.05, 0) is 35.1 Å². The fourth-order valence-electron chi connectivity index (χ4n) is 3.69. The molecule has 4 N–H and O–H groups in total. The van der Waals surface area contributed by atoms with E-state index in [0.29, 0.717) is 0 Å². The van der Waals surface area contributed by atoms with Gasteiger partial charge in [0.05, 0.1) is 17.9 Å². The fourth-order valence-corrected chi connectivity index (χ4v) is 4.03.